The number of hydrogen-bond acceptors (Lipinski definition) is 7. The van der Waals surface area contributed by atoms with Crippen molar-refractivity contribution < 1.29 is 31.6 Å². The first-order valence-electron chi connectivity index (χ1n) is 11.0. The number of ether oxygens (including phenoxy) is 3. The van der Waals surface area contributed by atoms with Crippen molar-refractivity contribution in [1.29, 1.82) is 0 Å². The number of rotatable bonds is 8. The molecule has 2 atom stereocenters. The number of carbonyl (C=O) groups excluding carboxylic acids is 1. The molecule has 1 heterocycles. The van der Waals surface area contributed by atoms with Gasteiger partial charge >= 0.3 is 10.1 Å². The lowest BCUT2D eigenvalue weighted by Crippen LogP contribution is -2.45. The van der Waals surface area contributed by atoms with Crippen LogP contribution in [0.1, 0.15) is 29.0 Å². The maximum absolute atomic E-state index is 12.7. The second kappa shape index (κ2) is 10.5. The minimum atomic E-state index is -3.95. The Labute approximate surface area is 205 Å². The van der Waals surface area contributed by atoms with Crippen molar-refractivity contribution in [3.63, 3.8) is 0 Å². The molecule has 0 aromatic heterocycles. The van der Waals surface area contributed by atoms with Crippen LogP contribution in [0.15, 0.2) is 77.7 Å². The van der Waals surface area contributed by atoms with Gasteiger partial charge in [0.2, 0.25) is 0 Å². The lowest BCUT2D eigenvalue weighted by Gasteiger charge is -2.38. The third-order valence-electron chi connectivity index (χ3n) is 5.77. The molecule has 4 rings (SSSR count). The summed E-state index contributed by atoms with van der Waals surface area (Å²) in [5, 5.41) is 0. The Balaban J connectivity index is 1.50. The third-order valence-corrected chi connectivity index (χ3v) is 7.03. The predicted molar refractivity (Wildman–Crippen MR) is 129 cm³/mol. The van der Waals surface area contributed by atoms with Crippen LogP contribution in [-0.2, 0) is 24.4 Å². The molecule has 1 aliphatic heterocycles. The van der Waals surface area contributed by atoms with Crippen LogP contribution >= 0.6 is 0 Å². The van der Waals surface area contributed by atoms with Crippen molar-refractivity contribution >= 4 is 16.0 Å². The second-order valence-corrected chi connectivity index (χ2v) is 9.64. The van der Waals surface area contributed by atoms with Gasteiger partial charge in [-0.3, -0.25) is 4.79 Å². The molecule has 0 bridgehead atoms. The Kier molecular flexibility index (Phi) is 7.39. The van der Waals surface area contributed by atoms with Gasteiger partial charge in [-0.1, -0.05) is 48.0 Å². The van der Waals surface area contributed by atoms with E-state index in [1.807, 2.05) is 31.2 Å². The number of carbonyl (C=O) groups is 1. The van der Waals surface area contributed by atoms with Gasteiger partial charge in [-0.15, -0.1) is 0 Å². The van der Waals surface area contributed by atoms with Crippen LogP contribution in [0.25, 0.3) is 0 Å². The van der Waals surface area contributed by atoms with E-state index >= 15 is 0 Å². The molecule has 9 heteroatoms. The monoisotopic (exact) mass is 497 g/mol. The number of morpholine rings is 1. The normalized spacial score (nSPS) is 17.2. The highest BCUT2D eigenvalue weighted by Crippen LogP contribution is 2.34. The minimum Gasteiger partial charge on any atom is -0.496 e. The number of para-hydroxylation sites is 1. The maximum atomic E-state index is 12.7. The van der Waals surface area contributed by atoms with Gasteiger partial charge in [0.25, 0.3) is 5.91 Å². The fourth-order valence-corrected chi connectivity index (χ4v) is 4.86. The zero-order valence-corrected chi connectivity index (χ0v) is 20.5. The van der Waals surface area contributed by atoms with Crippen molar-refractivity contribution in [1.82, 2.24) is 4.90 Å². The van der Waals surface area contributed by atoms with Gasteiger partial charge in [0.05, 0.1) is 13.7 Å². The Morgan fingerprint density at radius 2 is 1.66 bits per heavy atom. The molecule has 1 aliphatic rings. The first-order chi connectivity index (χ1) is 16.8. The Hall–Kier alpha value is -3.40. The maximum Gasteiger partial charge on any atom is 0.339 e. The molecular weight excluding hydrogens is 470 g/mol. The van der Waals surface area contributed by atoms with Crippen LogP contribution < -0.4 is 8.92 Å². The van der Waals surface area contributed by atoms with Crippen LogP contribution in [0.4, 0.5) is 0 Å². The largest absolute Gasteiger partial charge is 0.496 e. The molecular formula is C26H27NO7S. The molecule has 3 aromatic rings. The van der Waals surface area contributed by atoms with Crippen LogP contribution in [0, 0.1) is 6.92 Å². The summed E-state index contributed by atoms with van der Waals surface area (Å²) < 4.78 is 47.3. The van der Waals surface area contributed by atoms with E-state index in [2.05, 4.69) is 0 Å². The third kappa shape index (κ3) is 5.48. The minimum absolute atomic E-state index is 0.0823. The summed E-state index contributed by atoms with van der Waals surface area (Å²) in [6.07, 6.45) is -1.07. The summed E-state index contributed by atoms with van der Waals surface area (Å²) in [5.74, 6) is 0.594. The highest BCUT2D eigenvalue weighted by molar-refractivity contribution is 7.87. The number of amides is 1. The molecule has 1 amide bonds. The zero-order chi connectivity index (χ0) is 25.0. The van der Waals surface area contributed by atoms with E-state index in [1.165, 1.54) is 19.2 Å². The number of methoxy groups -OCH3 is 2. The van der Waals surface area contributed by atoms with Crippen molar-refractivity contribution in [2.24, 2.45) is 0 Å². The summed E-state index contributed by atoms with van der Waals surface area (Å²) in [6, 6.07) is 20.4. The summed E-state index contributed by atoms with van der Waals surface area (Å²) in [7, 11) is -0.844. The molecule has 0 aliphatic carbocycles. The topological polar surface area (TPSA) is 91.4 Å². The highest BCUT2D eigenvalue weighted by Gasteiger charge is 2.34. The van der Waals surface area contributed by atoms with Crippen LogP contribution in [0.3, 0.4) is 0 Å². The Morgan fingerprint density at radius 1 is 0.971 bits per heavy atom. The van der Waals surface area contributed by atoms with E-state index in [1.54, 1.807) is 48.4 Å². The molecule has 0 spiro atoms. The fourth-order valence-electron chi connectivity index (χ4n) is 3.93. The summed E-state index contributed by atoms with van der Waals surface area (Å²) >= 11 is 0. The lowest BCUT2D eigenvalue weighted by molar-refractivity contribution is -0.167. The molecule has 1 saturated heterocycles. The molecule has 35 heavy (non-hydrogen) atoms. The highest BCUT2D eigenvalue weighted by atomic mass is 32.2. The number of nitrogens with zero attached hydrogens (tertiary/aromatic N) is 1. The van der Waals surface area contributed by atoms with E-state index in [-0.39, 0.29) is 29.7 Å². The average molecular weight is 498 g/mol. The average Bonchev–Trinajstić information content (AvgIpc) is 2.86. The SMILES string of the molecule is COc1ccccc1C(OC)N1CC(c2ccc(OS(=O)(=O)c3ccc(C)cc3)cc2)OCC1=O. The molecule has 2 unspecified atom stereocenters. The Bertz CT molecular complexity index is 1270. The standard InChI is InChI=1S/C26H27NO7S/c1-18-8-14-21(15-9-18)35(29,30)34-20-12-10-19(11-13-20)24-16-27(25(28)17-33-24)26(32-3)22-6-4-5-7-23(22)31-2/h4-15,24,26H,16-17H2,1-3H3. The van der Waals surface area contributed by atoms with Crippen molar-refractivity contribution in [2.75, 3.05) is 27.4 Å². The fraction of sp³-hybridized carbons (Fsp3) is 0.269. The van der Waals surface area contributed by atoms with Gasteiger partial charge in [0, 0.05) is 12.7 Å². The smallest absolute Gasteiger partial charge is 0.339 e. The van der Waals surface area contributed by atoms with Gasteiger partial charge < -0.3 is 23.3 Å². The molecule has 0 N–H and O–H groups in total. The molecule has 3 aromatic carbocycles. The van der Waals surface area contributed by atoms with Gasteiger partial charge in [-0.25, -0.2) is 0 Å². The van der Waals surface area contributed by atoms with E-state index in [4.69, 9.17) is 18.4 Å². The van der Waals surface area contributed by atoms with Crippen LogP contribution in [-0.4, -0.2) is 46.6 Å². The zero-order valence-electron chi connectivity index (χ0n) is 19.7. The molecule has 184 valence electrons. The molecule has 8 nitrogen and oxygen atoms in total. The summed E-state index contributed by atoms with van der Waals surface area (Å²) in [4.78, 5) is 14.4. The quantitative estimate of drug-likeness (QED) is 0.434. The molecule has 0 radical (unpaired) electrons. The predicted octanol–water partition coefficient (Wildman–Crippen LogP) is 4.02. The van der Waals surface area contributed by atoms with Crippen molar-refractivity contribution in [2.45, 2.75) is 24.2 Å². The van der Waals surface area contributed by atoms with Crippen molar-refractivity contribution in [3.8, 4) is 11.5 Å². The lowest BCUT2D eigenvalue weighted by atomic mass is 10.1. The number of hydrogen-bond donors (Lipinski definition) is 0. The van der Waals surface area contributed by atoms with Crippen molar-refractivity contribution in [3.05, 3.63) is 89.5 Å². The number of aryl methyl sites for hydroxylation is 1. The van der Waals surface area contributed by atoms with E-state index in [9.17, 15) is 13.2 Å². The van der Waals surface area contributed by atoms with E-state index < -0.39 is 22.4 Å². The van der Waals surface area contributed by atoms with Gasteiger partial charge in [-0.2, -0.15) is 8.42 Å². The van der Waals surface area contributed by atoms with E-state index in [0.29, 0.717) is 5.75 Å². The molecule has 0 saturated carbocycles. The molecule has 1 fully saturated rings. The van der Waals surface area contributed by atoms with Crippen LogP contribution in [0.5, 0.6) is 11.5 Å². The number of benzene rings is 3. The first-order valence-corrected chi connectivity index (χ1v) is 12.4. The van der Waals surface area contributed by atoms with Gasteiger partial charge in [0.15, 0.2) is 6.23 Å². The van der Waals surface area contributed by atoms with Gasteiger partial charge in [0.1, 0.15) is 29.1 Å². The summed E-state index contributed by atoms with van der Waals surface area (Å²) in [6.45, 7) is 2.01. The van der Waals surface area contributed by atoms with Crippen LogP contribution in [0.2, 0.25) is 0 Å². The summed E-state index contributed by atoms with van der Waals surface area (Å²) in [5.41, 5.74) is 2.46. The second-order valence-electron chi connectivity index (χ2n) is 8.10. The first kappa shape index (κ1) is 24.7. The Morgan fingerprint density at radius 3 is 2.31 bits per heavy atom. The van der Waals surface area contributed by atoms with E-state index in [0.717, 1.165) is 16.7 Å². The van der Waals surface area contributed by atoms with Gasteiger partial charge in [-0.05, 0) is 42.8 Å².